The zero-order valence-corrected chi connectivity index (χ0v) is 8.16. The van der Waals surface area contributed by atoms with Gasteiger partial charge in [-0.15, -0.1) is 0 Å². The van der Waals surface area contributed by atoms with Crippen LogP contribution >= 0.6 is 0 Å². The van der Waals surface area contributed by atoms with E-state index in [1.165, 1.54) is 11.1 Å². The molecule has 1 aliphatic carbocycles. The van der Waals surface area contributed by atoms with E-state index in [-0.39, 0.29) is 12.6 Å². The highest BCUT2D eigenvalue weighted by Gasteiger charge is 2.17. The Labute approximate surface area is 85.8 Å². The van der Waals surface area contributed by atoms with Crippen LogP contribution in [0.25, 0.3) is 0 Å². The Kier molecular flexibility index (Phi) is 2.89. The van der Waals surface area contributed by atoms with Crippen molar-refractivity contribution in [2.24, 2.45) is 0 Å². The summed E-state index contributed by atoms with van der Waals surface area (Å²) in [5.41, 5.74) is 3.60. The third-order valence-electron chi connectivity index (χ3n) is 2.91. The van der Waals surface area contributed by atoms with Crippen LogP contribution in [0.4, 0.5) is 0 Å². The molecule has 0 aliphatic heterocycles. The molecule has 1 aromatic rings. The monoisotopic (exact) mass is 187 g/mol. The van der Waals surface area contributed by atoms with Crippen molar-refractivity contribution in [3.8, 4) is 0 Å². The van der Waals surface area contributed by atoms with Gasteiger partial charge in [-0.2, -0.15) is 0 Å². The summed E-state index contributed by atoms with van der Waals surface area (Å²) >= 11 is 0. The van der Waals surface area contributed by atoms with E-state index < -0.39 is 0 Å². The van der Waals surface area contributed by atoms with Gasteiger partial charge in [0, 0.05) is 6.04 Å². The van der Waals surface area contributed by atoms with E-state index in [2.05, 4.69) is 17.4 Å². The maximum absolute atomic E-state index is 9.02. The molecule has 1 aromatic carbocycles. The van der Waals surface area contributed by atoms with E-state index in [1.807, 2.05) is 6.07 Å². The third kappa shape index (κ3) is 1.70. The van der Waals surface area contributed by atoms with E-state index in [0.29, 0.717) is 0 Å². The SMILES string of the molecule is [B]N[C@@H]1CCCc2cc(CO)ccc21. The molecule has 2 radical (unpaired) electrons. The van der Waals surface area contributed by atoms with Crippen molar-refractivity contribution in [1.29, 1.82) is 0 Å². The number of aliphatic hydroxyl groups is 1. The van der Waals surface area contributed by atoms with Gasteiger partial charge in [-0.1, -0.05) is 18.2 Å². The normalized spacial score (nSPS) is 20.5. The minimum absolute atomic E-state index is 0.119. The van der Waals surface area contributed by atoms with Crippen molar-refractivity contribution in [1.82, 2.24) is 5.23 Å². The van der Waals surface area contributed by atoms with Crippen LogP contribution < -0.4 is 5.23 Å². The molecule has 0 saturated carbocycles. The standard InChI is InChI=1S/C11H14BNO/c12-13-11-3-1-2-9-6-8(7-14)4-5-10(9)11/h4-6,11,13-14H,1-3,7H2/t11-/m1/s1. The first-order valence-corrected chi connectivity index (χ1v) is 5.04. The first kappa shape index (κ1) is 9.75. The van der Waals surface area contributed by atoms with Gasteiger partial charge < -0.3 is 10.3 Å². The van der Waals surface area contributed by atoms with E-state index in [9.17, 15) is 0 Å². The molecule has 14 heavy (non-hydrogen) atoms. The fraction of sp³-hybridized carbons (Fsp3) is 0.455. The number of fused-ring (bicyclic) bond motifs is 1. The zero-order chi connectivity index (χ0) is 9.97. The largest absolute Gasteiger partial charge is 0.392 e. The minimum atomic E-state index is 0.119. The van der Waals surface area contributed by atoms with Crippen LogP contribution in [0.3, 0.4) is 0 Å². The summed E-state index contributed by atoms with van der Waals surface area (Å²) in [4.78, 5) is 0. The van der Waals surface area contributed by atoms with Crippen LogP contribution in [0.1, 0.15) is 35.6 Å². The zero-order valence-electron chi connectivity index (χ0n) is 8.16. The van der Waals surface area contributed by atoms with Gasteiger partial charge in [0.1, 0.15) is 0 Å². The summed E-state index contributed by atoms with van der Waals surface area (Å²) in [6, 6.07) is 6.41. The highest BCUT2D eigenvalue weighted by atomic mass is 16.3. The molecule has 0 unspecified atom stereocenters. The fourth-order valence-corrected chi connectivity index (χ4v) is 2.14. The highest BCUT2D eigenvalue weighted by Crippen LogP contribution is 2.29. The summed E-state index contributed by atoms with van der Waals surface area (Å²) in [7, 11) is 5.49. The molecule has 0 bridgehead atoms. The molecule has 0 fully saturated rings. The number of aryl methyl sites for hydroxylation is 1. The lowest BCUT2D eigenvalue weighted by Crippen LogP contribution is -2.22. The van der Waals surface area contributed by atoms with E-state index in [1.54, 1.807) is 0 Å². The van der Waals surface area contributed by atoms with Crippen molar-refractivity contribution in [2.75, 3.05) is 0 Å². The first-order valence-electron chi connectivity index (χ1n) is 5.04. The Morgan fingerprint density at radius 1 is 1.50 bits per heavy atom. The topological polar surface area (TPSA) is 32.3 Å². The molecule has 2 nitrogen and oxygen atoms in total. The van der Waals surface area contributed by atoms with Crippen LogP contribution in [-0.4, -0.2) is 13.1 Å². The van der Waals surface area contributed by atoms with E-state index in [0.717, 1.165) is 24.8 Å². The van der Waals surface area contributed by atoms with Gasteiger partial charge in [-0.05, 0) is 36.0 Å². The summed E-state index contributed by atoms with van der Waals surface area (Å²) in [5.74, 6) is 0. The maximum Gasteiger partial charge on any atom is 0.178 e. The molecule has 0 spiro atoms. The van der Waals surface area contributed by atoms with Gasteiger partial charge in [0.25, 0.3) is 0 Å². The lowest BCUT2D eigenvalue weighted by Gasteiger charge is -2.25. The average Bonchev–Trinajstić information content (AvgIpc) is 2.27. The Balaban J connectivity index is 2.35. The predicted octanol–water partition coefficient (Wildman–Crippen LogP) is 1.23. The summed E-state index contributed by atoms with van der Waals surface area (Å²) in [5, 5.41) is 11.9. The second-order valence-corrected chi connectivity index (χ2v) is 3.80. The Hall–Kier alpha value is -0.795. The number of nitrogens with one attached hydrogen (secondary N) is 1. The minimum Gasteiger partial charge on any atom is -0.392 e. The van der Waals surface area contributed by atoms with Gasteiger partial charge >= 0.3 is 0 Å². The Morgan fingerprint density at radius 3 is 3.07 bits per heavy atom. The van der Waals surface area contributed by atoms with Crippen LogP contribution in [0.2, 0.25) is 0 Å². The molecule has 0 heterocycles. The molecule has 1 atom stereocenters. The van der Waals surface area contributed by atoms with Crippen molar-refractivity contribution in [3.05, 3.63) is 34.9 Å². The predicted molar refractivity (Wildman–Crippen MR) is 56.9 cm³/mol. The third-order valence-corrected chi connectivity index (χ3v) is 2.91. The molecule has 1 aliphatic rings. The van der Waals surface area contributed by atoms with Gasteiger partial charge in [-0.3, -0.25) is 0 Å². The Morgan fingerprint density at radius 2 is 2.36 bits per heavy atom. The molecule has 2 rings (SSSR count). The average molecular weight is 187 g/mol. The van der Waals surface area contributed by atoms with Crippen LogP contribution in [0.5, 0.6) is 0 Å². The number of benzene rings is 1. The van der Waals surface area contributed by atoms with Gasteiger partial charge in [0.05, 0.1) is 6.61 Å². The highest BCUT2D eigenvalue weighted by molar-refractivity contribution is 6.04. The molecule has 2 N–H and O–H groups in total. The van der Waals surface area contributed by atoms with Crippen molar-refractivity contribution in [2.45, 2.75) is 31.9 Å². The molecule has 0 saturated heterocycles. The summed E-state index contributed by atoms with van der Waals surface area (Å²) in [6.45, 7) is 0.119. The molecule has 0 aromatic heterocycles. The lowest BCUT2D eigenvalue weighted by molar-refractivity contribution is 0.281. The lowest BCUT2D eigenvalue weighted by atomic mass is 9.86. The van der Waals surface area contributed by atoms with Crippen LogP contribution in [0, 0.1) is 0 Å². The molecule has 3 heteroatoms. The molecule has 0 amide bonds. The first-order chi connectivity index (χ1) is 6.85. The molecular formula is C11H14BNO. The second kappa shape index (κ2) is 4.15. The number of hydrogen-bond acceptors (Lipinski definition) is 2. The molecular weight excluding hydrogens is 173 g/mol. The van der Waals surface area contributed by atoms with Crippen molar-refractivity contribution in [3.63, 3.8) is 0 Å². The van der Waals surface area contributed by atoms with E-state index >= 15 is 0 Å². The van der Waals surface area contributed by atoms with Crippen LogP contribution in [0.15, 0.2) is 18.2 Å². The van der Waals surface area contributed by atoms with Crippen LogP contribution in [-0.2, 0) is 13.0 Å². The number of hydrogen-bond donors (Lipinski definition) is 2. The maximum atomic E-state index is 9.02. The fourth-order valence-electron chi connectivity index (χ4n) is 2.14. The van der Waals surface area contributed by atoms with Crippen molar-refractivity contribution < 1.29 is 5.11 Å². The van der Waals surface area contributed by atoms with E-state index in [4.69, 9.17) is 13.1 Å². The van der Waals surface area contributed by atoms with Gasteiger partial charge in [-0.25, -0.2) is 0 Å². The van der Waals surface area contributed by atoms with Crippen molar-refractivity contribution >= 4 is 7.98 Å². The quantitative estimate of drug-likeness (QED) is 0.682. The molecule has 72 valence electrons. The second-order valence-electron chi connectivity index (χ2n) is 3.80. The Bertz CT molecular complexity index is 327. The number of aliphatic hydroxyl groups excluding tert-OH is 1. The summed E-state index contributed by atoms with van der Waals surface area (Å²) in [6.07, 6.45) is 3.36. The number of rotatable bonds is 2. The summed E-state index contributed by atoms with van der Waals surface area (Å²) < 4.78 is 0. The van der Waals surface area contributed by atoms with Gasteiger partial charge in [0.15, 0.2) is 7.98 Å². The van der Waals surface area contributed by atoms with Gasteiger partial charge in [0.2, 0.25) is 0 Å². The smallest absolute Gasteiger partial charge is 0.178 e.